The molecule has 0 radical (unpaired) electrons. The van der Waals surface area contributed by atoms with E-state index in [-0.39, 0.29) is 5.91 Å². The SMILES string of the molecule is O=C1N2CCCN=C2NC1(c1ccccc1)c1ccccc1. The van der Waals surface area contributed by atoms with E-state index < -0.39 is 5.54 Å². The van der Waals surface area contributed by atoms with Crippen LogP contribution in [0.15, 0.2) is 65.7 Å². The number of rotatable bonds is 2. The number of hydrogen-bond acceptors (Lipinski definition) is 3. The fourth-order valence-electron chi connectivity index (χ4n) is 3.27. The predicted molar refractivity (Wildman–Crippen MR) is 85.4 cm³/mol. The highest BCUT2D eigenvalue weighted by Crippen LogP contribution is 2.36. The van der Waals surface area contributed by atoms with Crippen molar-refractivity contribution in [1.29, 1.82) is 0 Å². The zero-order valence-corrected chi connectivity index (χ0v) is 12.2. The number of nitrogens with one attached hydrogen (secondary N) is 1. The number of amides is 1. The molecular weight excluding hydrogens is 274 g/mol. The van der Waals surface area contributed by atoms with E-state index in [0.29, 0.717) is 5.96 Å². The smallest absolute Gasteiger partial charge is 0.264 e. The van der Waals surface area contributed by atoms with Crippen molar-refractivity contribution in [3.8, 4) is 0 Å². The second kappa shape index (κ2) is 4.98. The van der Waals surface area contributed by atoms with Crippen LogP contribution >= 0.6 is 0 Å². The van der Waals surface area contributed by atoms with Crippen LogP contribution in [0.25, 0.3) is 0 Å². The summed E-state index contributed by atoms with van der Waals surface area (Å²) in [6.07, 6.45) is 0.913. The maximum atomic E-state index is 13.2. The molecule has 2 aromatic rings. The minimum atomic E-state index is -0.869. The van der Waals surface area contributed by atoms with Crippen molar-refractivity contribution in [2.24, 2.45) is 4.99 Å². The molecule has 110 valence electrons. The first-order chi connectivity index (χ1) is 10.8. The van der Waals surface area contributed by atoms with E-state index in [0.717, 1.165) is 30.6 Å². The largest absolute Gasteiger partial charge is 0.334 e. The number of aliphatic imine (C=N–C) groups is 1. The van der Waals surface area contributed by atoms with E-state index in [1.165, 1.54) is 0 Å². The Hall–Kier alpha value is -2.62. The topological polar surface area (TPSA) is 44.7 Å². The van der Waals surface area contributed by atoms with Gasteiger partial charge in [0.15, 0.2) is 5.54 Å². The Balaban J connectivity index is 1.93. The van der Waals surface area contributed by atoms with Crippen LogP contribution in [-0.2, 0) is 10.3 Å². The van der Waals surface area contributed by atoms with Gasteiger partial charge in [-0.25, -0.2) is 0 Å². The van der Waals surface area contributed by atoms with E-state index in [2.05, 4.69) is 10.3 Å². The average Bonchev–Trinajstić information content (AvgIpc) is 2.91. The molecule has 4 rings (SSSR count). The van der Waals surface area contributed by atoms with Gasteiger partial charge in [0.05, 0.1) is 0 Å². The van der Waals surface area contributed by atoms with Crippen molar-refractivity contribution in [1.82, 2.24) is 10.2 Å². The molecule has 2 aliphatic heterocycles. The molecule has 4 nitrogen and oxygen atoms in total. The van der Waals surface area contributed by atoms with Crippen molar-refractivity contribution in [2.75, 3.05) is 13.1 Å². The molecule has 2 aliphatic rings. The summed E-state index contributed by atoms with van der Waals surface area (Å²) in [5.74, 6) is 0.757. The van der Waals surface area contributed by atoms with Crippen LogP contribution in [-0.4, -0.2) is 29.9 Å². The first kappa shape index (κ1) is 13.1. The Kier molecular flexibility index (Phi) is 2.96. The van der Waals surface area contributed by atoms with Crippen LogP contribution in [0.2, 0.25) is 0 Å². The van der Waals surface area contributed by atoms with Crippen LogP contribution in [0.1, 0.15) is 17.5 Å². The summed E-state index contributed by atoms with van der Waals surface area (Å²) < 4.78 is 0. The molecule has 0 saturated carbocycles. The van der Waals surface area contributed by atoms with Gasteiger partial charge >= 0.3 is 0 Å². The molecule has 0 atom stereocenters. The van der Waals surface area contributed by atoms with E-state index in [9.17, 15) is 4.79 Å². The van der Waals surface area contributed by atoms with Gasteiger partial charge in [-0.2, -0.15) is 0 Å². The average molecular weight is 291 g/mol. The lowest BCUT2D eigenvalue weighted by Crippen LogP contribution is -2.45. The quantitative estimate of drug-likeness (QED) is 0.921. The van der Waals surface area contributed by atoms with Gasteiger partial charge in [0.1, 0.15) is 0 Å². The van der Waals surface area contributed by atoms with E-state index in [4.69, 9.17) is 0 Å². The van der Waals surface area contributed by atoms with Gasteiger partial charge in [0, 0.05) is 13.1 Å². The summed E-state index contributed by atoms with van der Waals surface area (Å²) in [6, 6.07) is 19.8. The summed E-state index contributed by atoms with van der Waals surface area (Å²) in [6.45, 7) is 1.50. The number of nitrogens with zero attached hydrogens (tertiary/aromatic N) is 2. The zero-order valence-electron chi connectivity index (χ0n) is 12.2. The van der Waals surface area contributed by atoms with Crippen molar-refractivity contribution >= 4 is 11.9 Å². The molecule has 0 aromatic heterocycles. The Bertz CT molecular complexity index is 685. The molecule has 4 heteroatoms. The molecule has 22 heavy (non-hydrogen) atoms. The molecule has 1 fully saturated rings. The Morgan fingerprint density at radius 2 is 1.55 bits per heavy atom. The van der Waals surface area contributed by atoms with Crippen molar-refractivity contribution in [3.05, 3.63) is 71.8 Å². The molecular formula is C18H17N3O. The third kappa shape index (κ3) is 1.77. The summed E-state index contributed by atoms with van der Waals surface area (Å²) in [7, 11) is 0. The number of fused-ring (bicyclic) bond motifs is 1. The van der Waals surface area contributed by atoms with Crippen LogP contribution in [0.3, 0.4) is 0 Å². The van der Waals surface area contributed by atoms with Gasteiger partial charge in [0.2, 0.25) is 5.96 Å². The minimum Gasteiger partial charge on any atom is -0.334 e. The summed E-state index contributed by atoms with van der Waals surface area (Å²) in [4.78, 5) is 19.5. The van der Waals surface area contributed by atoms with E-state index in [1.807, 2.05) is 60.7 Å². The monoisotopic (exact) mass is 291 g/mol. The molecule has 0 spiro atoms. The van der Waals surface area contributed by atoms with Gasteiger partial charge in [-0.1, -0.05) is 60.7 Å². The second-order valence-corrected chi connectivity index (χ2v) is 5.62. The molecule has 1 N–H and O–H groups in total. The Labute approximate surface area is 129 Å². The fraction of sp³-hybridized carbons (Fsp3) is 0.222. The molecule has 0 aliphatic carbocycles. The third-order valence-electron chi connectivity index (χ3n) is 4.34. The first-order valence-electron chi connectivity index (χ1n) is 7.58. The lowest BCUT2D eigenvalue weighted by atomic mass is 9.82. The maximum Gasteiger partial charge on any atom is 0.264 e. The highest BCUT2D eigenvalue weighted by Gasteiger charge is 2.52. The van der Waals surface area contributed by atoms with Crippen LogP contribution in [0.5, 0.6) is 0 Å². The van der Waals surface area contributed by atoms with E-state index >= 15 is 0 Å². The maximum absolute atomic E-state index is 13.2. The zero-order chi connectivity index (χ0) is 15.0. The number of benzene rings is 2. The number of guanidine groups is 1. The van der Waals surface area contributed by atoms with E-state index in [1.54, 1.807) is 4.90 Å². The second-order valence-electron chi connectivity index (χ2n) is 5.62. The van der Waals surface area contributed by atoms with Crippen LogP contribution in [0.4, 0.5) is 0 Å². The number of carbonyl (C=O) groups excluding carboxylic acids is 1. The fourth-order valence-corrected chi connectivity index (χ4v) is 3.27. The molecule has 2 aromatic carbocycles. The standard InChI is InChI=1S/C18H17N3O/c22-16-18(14-8-3-1-4-9-14,15-10-5-2-6-11-15)20-17-19-12-7-13-21(16)17/h1-6,8-11H,7,12-13H2,(H,19,20). The molecule has 0 unspecified atom stereocenters. The first-order valence-corrected chi connectivity index (χ1v) is 7.58. The van der Waals surface area contributed by atoms with Crippen molar-refractivity contribution < 1.29 is 4.79 Å². The van der Waals surface area contributed by atoms with Crippen molar-refractivity contribution in [3.63, 3.8) is 0 Å². The molecule has 2 heterocycles. The molecule has 0 bridgehead atoms. The predicted octanol–water partition coefficient (Wildman–Crippen LogP) is 2.12. The highest BCUT2D eigenvalue weighted by molar-refractivity contribution is 6.11. The lowest BCUT2D eigenvalue weighted by molar-refractivity contribution is -0.130. The Morgan fingerprint density at radius 3 is 2.09 bits per heavy atom. The van der Waals surface area contributed by atoms with Crippen LogP contribution in [0, 0.1) is 0 Å². The lowest BCUT2D eigenvalue weighted by Gasteiger charge is -2.28. The van der Waals surface area contributed by atoms with Crippen LogP contribution < -0.4 is 5.32 Å². The highest BCUT2D eigenvalue weighted by atomic mass is 16.2. The normalized spacial score (nSPS) is 19.4. The van der Waals surface area contributed by atoms with Gasteiger partial charge in [-0.05, 0) is 17.5 Å². The van der Waals surface area contributed by atoms with Gasteiger partial charge in [-0.3, -0.25) is 14.7 Å². The molecule has 1 amide bonds. The van der Waals surface area contributed by atoms with Gasteiger partial charge < -0.3 is 5.32 Å². The number of carbonyl (C=O) groups is 1. The summed E-state index contributed by atoms with van der Waals surface area (Å²) in [5, 5.41) is 3.42. The number of hydrogen-bond donors (Lipinski definition) is 1. The van der Waals surface area contributed by atoms with Gasteiger partial charge in [0.25, 0.3) is 5.91 Å². The minimum absolute atomic E-state index is 0.0587. The third-order valence-corrected chi connectivity index (χ3v) is 4.34. The van der Waals surface area contributed by atoms with Gasteiger partial charge in [-0.15, -0.1) is 0 Å². The molecule has 1 saturated heterocycles. The Morgan fingerprint density at radius 1 is 0.955 bits per heavy atom. The van der Waals surface area contributed by atoms with Crippen molar-refractivity contribution in [2.45, 2.75) is 12.0 Å². The summed E-state index contributed by atoms with van der Waals surface area (Å²) >= 11 is 0. The summed E-state index contributed by atoms with van der Waals surface area (Å²) in [5.41, 5.74) is 1.03.